The zero-order valence-corrected chi connectivity index (χ0v) is 23.1. The monoisotopic (exact) mass is 559 g/mol. The molecule has 0 radical (unpaired) electrons. The Kier molecular flexibility index (Phi) is 6.16. The summed E-state index contributed by atoms with van der Waals surface area (Å²) in [5.74, 6) is 1.16. The van der Waals surface area contributed by atoms with Crippen LogP contribution < -0.4 is 5.73 Å². The Balaban J connectivity index is 1.39. The van der Waals surface area contributed by atoms with E-state index in [0.717, 1.165) is 34.5 Å². The van der Waals surface area contributed by atoms with Crippen LogP contribution in [0.3, 0.4) is 0 Å². The van der Waals surface area contributed by atoms with E-state index in [2.05, 4.69) is 44.6 Å². The number of nitrogens with two attached hydrogens (primary N) is 1. The smallest absolute Gasteiger partial charge is 0.254 e. The molecule has 1 amide bonds. The second-order valence-corrected chi connectivity index (χ2v) is 11.7. The zero-order valence-electron chi connectivity index (χ0n) is 22.3. The van der Waals surface area contributed by atoms with E-state index in [1.807, 2.05) is 19.4 Å². The van der Waals surface area contributed by atoms with Gasteiger partial charge in [-0.05, 0) is 49.4 Å². The number of carbonyl (C=O) groups excluding carboxylic acids is 1. The van der Waals surface area contributed by atoms with Crippen molar-refractivity contribution in [3.05, 3.63) is 71.0 Å². The van der Waals surface area contributed by atoms with Gasteiger partial charge in [0.25, 0.3) is 5.91 Å². The fraction of sp³-hybridized carbons (Fsp3) is 0.367. The van der Waals surface area contributed by atoms with Crippen molar-refractivity contribution in [1.82, 2.24) is 28.8 Å². The largest absolute Gasteiger partial charge is 0.338 e. The third-order valence-corrected chi connectivity index (χ3v) is 8.33. The second-order valence-electron chi connectivity index (χ2n) is 11.3. The number of benzene rings is 2. The molecule has 1 aliphatic carbocycles. The van der Waals surface area contributed by atoms with Crippen LogP contribution in [0.5, 0.6) is 0 Å². The summed E-state index contributed by atoms with van der Waals surface area (Å²) in [6.07, 6.45) is 5.42. The van der Waals surface area contributed by atoms with Crippen molar-refractivity contribution in [2.75, 3.05) is 13.1 Å². The summed E-state index contributed by atoms with van der Waals surface area (Å²) in [5.41, 5.74) is 11.0. The molecule has 1 saturated carbocycles. The van der Waals surface area contributed by atoms with E-state index >= 15 is 0 Å². The molecule has 0 unspecified atom stereocenters. The average molecular weight is 560 g/mol. The van der Waals surface area contributed by atoms with E-state index in [0.29, 0.717) is 35.1 Å². The SMILES string of the molecule is Cn1cc(Cn2c(-c3cc4ccccc4n3CC3CC3)nc3cc(C(=O)N4C[C@H](N)C[C@@H](F)C4)cc(Cl)c32)cn1. The Bertz CT molecular complexity index is 1740. The van der Waals surface area contributed by atoms with Gasteiger partial charge in [0.05, 0.1) is 41.0 Å². The number of piperidine rings is 1. The number of likely N-dealkylation sites (tertiary alicyclic amines) is 1. The average Bonchev–Trinajstić information content (AvgIpc) is 3.37. The number of aromatic nitrogens is 5. The molecule has 40 heavy (non-hydrogen) atoms. The molecule has 2 aromatic carbocycles. The number of halogens is 2. The van der Waals surface area contributed by atoms with Gasteiger partial charge in [-0.25, -0.2) is 9.37 Å². The highest BCUT2D eigenvalue weighted by Gasteiger charge is 2.30. The fourth-order valence-corrected chi connectivity index (χ4v) is 6.32. The van der Waals surface area contributed by atoms with E-state index < -0.39 is 6.17 Å². The van der Waals surface area contributed by atoms with Gasteiger partial charge in [-0.1, -0.05) is 29.8 Å². The molecule has 5 aromatic rings. The molecule has 2 aliphatic rings. The van der Waals surface area contributed by atoms with Crippen molar-refractivity contribution in [2.45, 2.75) is 44.6 Å². The number of alkyl halides is 1. The van der Waals surface area contributed by atoms with Crippen molar-refractivity contribution < 1.29 is 9.18 Å². The van der Waals surface area contributed by atoms with Gasteiger partial charge in [0.15, 0.2) is 5.82 Å². The predicted octanol–water partition coefficient (Wildman–Crippen LogP) is 5.01. The standard InChI is InChI=1S/C30H31ClFN7O/c1-36-13-19(12-34-36)15-39-28-24(31)8-21(30(40)37-16-22(32)11-23(33)17-37)9-25(28)35-29(39)27-10-20-4-2-3-5-26(20)38(27)14-18-6-7-18/h2-5,8-10,12-13,18,22-23H,6-7,11,14-17,33H2,1H3/t22-,23-/m1/s1. The molecule has 10 heteroatoms. The van der Waals surface area contributed by atoms with Gasteiger partial charge in [-0.2, -0.15) is 5.10 Å². The van der Waals surface area contributed by atoms with Gasteiger partial charge in [-0.3, -0.25) is 9.48 Å². The molecule has 2 atom stereocenters. The van der Waals surface area contributed by atoms with E-state index in [9.17, 15) is 9.18 Å². The van der Waals surface area contributed by atoms with E-state index in [1.165, 1.54) is 23.3 Å². The van der Waals surface area contributed by atoms with Crippen molar-refractivity contribution in [3.8, 4) is 11.5 Å². The first-order valence-corrected chi connectivity index (χ1v) is 14.2. The van der Waals surface area contributed by atoms with Gasteiger partial charge in [-0.15, -0.1) is 0 Å². The molecule has 2 N–H and O–H groups in total. The van der Waals surface area contributed by atoms with Crippen LogP contribution in [0.1, 0.15) is 35.2 Å². The maximum atomic E-state index is 14.2. The molecule has 2 fully saturated rings. The lowest BCUT2D eigenvalue weighted by Gasteiger charge is -2.33. The van der Waals surface area contributed by atoms with Crippen molar-refractivity contribution in [2.24, 2.45) is 18.7 Å². The van der Waals surface area contributed by atoms with Crippen LogP contribution >= 0.6 is 11.6 Å². The molecule has 0 spiro atoms. The first-order chi connectivity index (χ1) is 19.3. The van der Waals surface area contributed by atoms with Crippen molar-refractivity contribution in [1.29, 1.82) is 0 Å². The lowest BCUT2D eigenvalue weighted by molar-refractivity contribution is 0.0607. The van der Waals surface area contributed by atoms with Crippen molar-refractivity contribution in [3.63, 3.8) is 0 Å². The quantitative estimate of drug-likeness (QED) is 0.317. The van der Waals surface area contributed by atoms with Gasteiger partial charge in [0.2, 0.25) is 0 Å². The number of fused-ring (bicyclic) bond motifs is 2. The van der Waals surface area contributed by atoms with Crippen LogP contribution in [0.2, 0.25) is 5.02 Å². The van der Waals surface area contributed by atoms with Gasteiger partial charge in [0, 0.05) is 54.4 Å². The Morgan fingerprint density at radius 3 is 2.73 bits per heavy atom. The number of nitrogens with zero attached hydrogens (tertiary/aromatic N) is 6. The minimum atomic E-state index is -1.13. The molecule has 1 saturated heterocycles. The molecule has 0 bridgehead atoms. The first kappa shape index (κ1) is 25.3. The van der Waals surface area contributed by atoms with Crippen LogP contribution in [-0.4, -0.2) is 60.0 Å². The fourth-order valence-electron chi connectivity index (χ4n) is 6.00. The highest BCUT2D eigenvalue weighted by molar-refractivity contribution is 6.35. The number of hydrogen-bond acceptors (Lipinski definition) is 4. The van der Waals surface area contributed by atoms with Crippen LogP contribution in [-0.2, 0) is 20.1 Å². The molecule has 1 aliphatic heterocycles. The summed E-state index contributed by atoms with van der Waals surface area (Å²) < 4.78 is 20.5. The number of carbonyl (C=O) groups is 1. The summed E-state index contributed by atoms with van der Waals surface area (Å²) in [6, 6.07) is 13.6. The number of rotatable bonds is 6. The van der Waals surface area contributed by atoms with Crippen LogP contribution in [0.15, 0.2) is 54.9 Å². The number of hydrogen-bond donors (Lipinski definition) is 1. The normalized spacial score (nSPS) is 19.6. The van der Waals surface area contributed by atoms with Crippen LogP contribution in [0, 0.1) is 5.92 Å². The summed E-state index contributed by atoms with van der Waals surface area (Å²) >= 11 is 6.93. The maximum Gasteiger partial charge on any atom is 0.254 e. The van der Waals surface area contributed by atoms with E-state index in [4.69, 9.17) is 22.3 Å². The number of amides is 1. The lowest BCUT2D eigenvalue weighted by Crippen LogP contribution is -2.50. The molecule has 206 valence electrons. The Morgan fingerprint density at radius 1 is 1.15 bits per heavy atom. The maximum absolute atomic E-state index is 14.2. The molecule has 3 aromatic heterocycles. The highest BCUT2D eigenvalue weighted by Crippen LogP contribution is 2.38. The van der Waals surface area contributed by atoms with E-state index in [1.54, 1.807) is 16.8 Å². The summed E-state index contributed by atoms with van der Waals surface area (Å²) in [5, 5.41) is 5.93. The second kappa shape index (κ2) is 9.74. The van der Waals surface area contributed by atoms with Crippen molar-refractivity contribution >= 4 is 39.4 Å². The van der Waals surface area contributed by atoms with Crippen LogP contribution in [0.4, 0.5) is 4.39 Å². The summed E-state index contributed by atoms with van der Waals surface area (Å²) in [6.45, 7) is 1.79. The summed E-state index contributed by atoms with van der Waals surface area (Å²) in [7, 11) is 1.89. The molecule has 4 heterocycles. The molecule has 8 nitrogen and oxygen atoms in total. The third-order valence-electron chi connectivity index (χ3n) is 8.04. The number of para-hydroxylation sites is 1. The Morgan fingerprint density at radius 2 is 1.98 bits per heavy atom. The van der Waals surface area contributed by atoms with Crippen LogP contribution in [0.25, 0.3) is 33.5 Å². The minimum absolute atomic E-state index is 0.0319. The third kappa shape index (κ3) is 4.57. The van der Waals surface area contributed by atoms with Gasteiger partial charge in [0.1, 0.15) is 6.17 Å². The highest BCUT2D eigenvalue weighted by atomic mass is 35.5. The first-order valence-electron chi connectivity index (χ1n) is 13.8. The van der Waals surface area contributed by atoms with E-state index in [-0.39, 0.29) is 24.9 Å². The van der Waals surface area contributed by atoms with Gasteiger partial charge < -0.3 is 19.8 Å². The predicted molar refractivity (Wildman–Crippen MR) is 154 cm³/mol. The molecule has 7 rings (SSSR count). The Hall–Kier alpha value is -3.69. The minimum Gasteiger partial charge on any atom is -0.338 e. The molecular formula is C30H31ClFN7O. The molecular weight excluding hydrogens is 529 g/mol. The topological polar surface area (TPSA) is 86.9 Å². The van der Waals surface area contributed by atoms with Gasteiger partial charge >= 0.3 is 0 Å². The number of imidazole rings is 1. The lowest BCUT2D eigenvalue weighted by atomic mass is 10.0. The zero-order chi connectivity index (χ0) is 27.5. The number of aryl methyl sites for hydroxylation is 1. The Labute approximate surface area is 236 Å². The summed E-state index contributed by atoms with van der Waals surface area (Å²) in [4.78, 5) is 20.0.